The molecule has 7 nitrogen and oxygen atoms in total. The number of methoxy groups -OCH3 is 1. The third kappa shape index (κ3) is 7.23. The van der Waals surface area contributed by atoms with Gasteiger partial charge in [0.2, 0.25) is 17.7 Å². The van der Waals surface area contributed by atoms with Crippen LogP contribution in [0, 0.1) is 6.92 Å². The van der Waals surface area contributed by atoms with Crippen LogP contribution >= 0.6 is 15.9 Å². The molecule has 0 fully saturated rings. The minimum absolute atomic E-state index is 0.0105. The maximum Gasteiger partial charge on any atom is 0.243 e. The van der Waals surface area contributed by atoms with E-state index in [0.717, 1.165) is 15.6 Å². The number of rotatable bonds is 8. The number of carbonyl (C=O) groups is 3. The summed E-state index contributed by atoms with van der Waals surface area (Å²) in [5.74, 6) is -0.246. The van der Waals surface area contributed by atoms with Crippen LogP contribution in [0.1, 0.15) is 30.5 Å². The number of hydrogen-bond donors (Lipinski definition) is 3. The molecular formula is C21H24BrN3O4. The first-order valence-corrected chi connectivity index (χ1v) is 9.81. The Morgan fingerprint density at radius 3 is 2.34 bits per heavy atom. The van der Waals surface area contributed by atoms with Gasteiger partial charge in [0.05, 0.1) is 26.1 Å². The summed E-state index contributed by atoms with van der Waals surface area (Å²) in [6.45, 7) is 3.15. The summed E-state index contributed by atoms with van der Waals surface area (Å²) in [5, 5.41) is 8.08. The zero-order valence-corrected chi connectivity index (χ0v) is 18.1. The van der Waals surface area contributed by atoms with Crippen LogP contribution in [0.3, 0.4) is 0 Å². The Balaban J connectivity index is 1.92. The van der Waals surface area contributed by atoms with Gasteiger partial charge in [-0.25, -0.2) is 0 Å². The van der Waals surface area contributed by atoms with Gasteiger partial charge in [0.1, 0.15) is 5.75 Å². The van der Waals surface area contributed by atoms with E-state index in [-0.39, 0.29) is 30.7 Å². The zero-order valence-electron chi connectivity index (χ0n) is 16.5. The van der Waals surface area contributed by atoms with Crippen LogP contribution in [-0.2, 0) is 14.4 Å². The fourth-order valence-corrected chi connectivity index (χ4v) is 2.94. The monoisotopic (exact) mass is 461 g/mol. The van der Waals surface area contributed by atoms with Crippen LogP contribution in [-0.4, -0.2) is 31.4 Å². The van der Waals surface area contributed by atoms with E-state index in [1.54, 1.807) is 37.4 Å². The maximum absolute atomic E-state index is 12.3. The smallest absolute Gasteiger partial charge is 0.243 e. The first kappa shape index (κ1) is 22.4. The Morgan fingerprint density at radius 1 is 1.07 bits per heavy atom. The van der Waals surface area contributed by atoms with E-state index < -0.39 is 6.04 Å². The number of ether oxygens (including phenoxy) is 1. The van der Waals surface area contributed by atoms with Gasteiger partial charge >= 0.3 is 0 Å². The minimum atomic E-state index is -0.504. The van der Waals surface area contributed by atoms with Crippen LogP contribution < -0.4 is 20.7 Å². The van der Waals surface area contributed by atoms with Crippen molar-refractivity contribution < 1.29 is 19.1 Å². The Labute approximate surface area is 178 Å². The molecule has 2 rings (SSSR count). The minimum Gasteiger partial charge on any atom is -0.497 e. The summed E-state index contributed by atoms with van der Waals surface area (Å²) in [4.78, 5) is 35.9. The number of aryl methyl sites for hydroxylation is 1. The lowest BCUT2D eigenvalue weighted by Gasteiger charge is -2.18. The molecule has 3 N–H and O–H groups in total. The number of amides is 3. The molecule has 0 spiro atoms. The number of halogens is 1. The van der Waals surface area contributed by atoms with Gasteiger partial charge < -0.3 is 20.7 Å². The highest BCUT2D eigenvalue weighted by Crippen LogP contribution is 2.21. The van der Waals surface area contributed by atoms with Gasteiger partial charge in [0.25, 0.3) is 0 Å². The molecule has 8 heteroatoms. The standard InChI is InChI=1S/C21H24BrN3O4/c1-13-10-16(6-9-18(13)22)25-21(28)12-23-20(27)11-19(24-14(2)26)15-4-7-17(29-3)8-5-15/h4-10,19H,11-12H2,1-3H3,(H,23,27)(H,24,26)(H,25,28). The number of benzene rings is 2. The van der Waals surface area contributed by atoms with Crippen LogP contribution in [0.5, 0.6) is 5.75 Å². The van der Waals surface area contributed by atoms with Crippen LogP contribution in [0.25, 0.3) is 0 Å². The quantitative estimate of drug-likeness (QED) is 0.562. The van der Waals surface area contributed by atoms with Crippen LogP contribution in [0.2, 0.25) is 0 Å². The molecule has 0 saturated carbocycles. The van der Waals surface area contributed by atoms with Crippen molar-refractivity contribution in [3.63, 3.8) is 0 Å². The third-order valence-corrected chi connectivity index (χ3v) is 5.06. The molecule has 0 heterocycles. The number of carbonyl (C=O) groups excluding carboxylic acids is 3. The van der Waals surface area contributed by atoms with E-state index in [1.165, 1.54) is 6.92 Å². The molecule has 1 unspecified atom stereocenters. The van der Waals surface area contributed by atoms with Gasteiger partial charge in [0.15, 0.2) is 0 Å². The second-order valence-corrected chi connectivity index (χ2v) is 7.37. The summed E-state index contributed by atoms with van der Waals surface area (Å²) < 4.78 is 6.08. The predicted octanol–water partition coefficient (Wildman–Crippen LogP) is 3.09. The van der Waals surface area contributed by atoms with E-state index in [0.29, 0.717) is 11.4 Å². The van der Waals surface area contributed by atoms with E-state index >= 15 is 0 Å². The highest BCUT2D eigenvalue weighted by molar-refractivity contribution is 9.10. The number of anilines is 1. The maximum atomic E-state index is 12.3. The van der Waals surface area contributed by atoms with Gasteiger partial charge in [0, 0.05) is 17.1 Å². The molecule has 0 aliphatic heterocycles. The summed E-state index contributed by atoms with van der Waals surface area (Å²) in [5.41, 5.74) is 2.41. The first-order valence-electron chi connectivity index (χ1n) is 9.02. The fourth-order valence-electron chi connectivity index (χ4n) is 2.70. The highest BCUT2D eigenvalue weighted by atomic mass is 79.9. The summed E-state index contributed by atoms with van der Waals surface area (Å²) in [7, 11) is 1.56. The van der Waals surface area contributed by atoms with Crippen molar-refractivity contribution in [2.75, 3.05) is 19.0 Å². The highest BCUT2D eigenvalue weighted by Gasteiger charge is 2.18. The molecule has 2 aromatic carbocycles. The fraction of sp³-hybridized carbons (Fsp3) is 0.286. The molecule has 1 atom stereocenters. The van der Waals surface area contributed by atoms with Crippen molar-refractivity contribution >= 4 is 39.3 Å². The average molecular weight is 462 g/mol. The first-order chi connectivity index (χ1) is 13.8. The Bertz CT molecular complexity index is 884. The van der Waals surface area contributed by atoms with Crippen molar-refractivity contribution in [2.45, 2.75) is 26.3 Å². The van der Waals surface area contributed by atoms with E-state index in [1.807, 2.05) is 19.1 Å². The van der Waals surface area contributed by atoms with Crippen molar-refractivity contribution in [1.29, 1.82) is 0 Å². The lowest BCUT2D eigenvalue weighted by molar-refractivity contribution is -0.125. The molecule has 0 bridgehead atoms. The second-order valence-electron chi connectivity index (χ2n) is 6.52. The van der Waals surface area contributed by atoms with Crippen molar-refractivity contribution in [3.05, 3.63) is 58.1 Å². The Hall–Kier alpha value is -2.87. The summed E-state index contributed by atoms with van der Waals surface area (Å²) in [6.07, 6.45) is 0.0105. The molecular weight excluding hydrogens is 438 g/mol. The van der Waals surface area contributed by atoms with Crippen LogP contribution in [0.4, 0.5) is 5.69 Å². The molecule has 0 aliphatic rings. The van der Waals surface area contributed by atoms with Crippen molar-refractivity contribution in [2.24, 2.45) is 0 Å². The normalized spacial score (nSPS) is 11.3. The largest absolute Gasteiger partial charge is 0.497 e. The van der Waals surface area contributed by atoms with Gasteiger partial charge in [-0.3, -0.25) is 14.4 Å². The van der Waals surface area contributed by atoms with Crippen molar-refractivity contribution in [1.82, 2.24) is 10.6 Å². The van der Waals surface area contributed by atoms with Crippen molar-refractivity contribution in [3.8, 4) is 5.75 Å². The molecule has 29 heavy (non-hydrogen) atoms. The Morgan fingerprint density at radius 2 is 1.76 bits per heavy atom. The van der Waals surface area contributed by atoms with Gasteiger partial charge in [-0.1, -0.05) is 28.1 Å². The molecule has 0 aliphatic carbocycles. The van der Waals surface area contributed by atoms with Gasteiger partial charge in [-0.05, 0) is 48.4 Å². The lowest BCUT2D eigenvalue weighted by atomic mass is 10.0. The third-order valence-electron chi connectivity index (χ3n) is 4.17. The van der Waals surface area contributed by atoms with E-state index in [4.69, 9.17) is 4.74 Å². The summed E-state index contributed by atoms with van der Waals surface area (Å²) >= 11 is 3.41. The van der Waals surface area contributed by atoms with E-state index in [9.17, 15) is 14.4 Å². The number of nitrogens with one attached hydrogen (secondary N) is 3. The molecule has 2 aromatic rings. The SMILES string of the molecule is COc1ccc(C(CC(=O)NCC(=O)Nc2ccc(Br)c(C)c2)NC(C)=O)cc1. The van der Waals surface area contributed by atoms with Crippen LogP contribution in [0.15, 0.2) is 46.9 Å². The average Bonchev–Trinajstić information content (AvgIpc) is 2.68. The lowest BCUT2D eigenvalue weighted by Crippen LogP contribution is -2.36. The van der Waals surface area contributed by atoms with Gasteiger partial charge in [-0.2, -0.15) is 0 Å². The molecule has 0 radical (unpaired) electrons. The zero-order chi connectivity index (χ0) is 21.4. The molecule has 154 valence electrons. The summed E-state index contributed by atoms with van der Waals surface area (Å²) in [6, 6.07) is 12.0. The molecule has 0 aromatic heterocycles. The van der Waals surface area contributed by atoms with E-state index in [2.05, 4.69) is 31.9 Å². The molecule has 3 amide bonds. The second kappa shape index (κ2) is 10.6. The number of hydrogen-bond acceptors (Lipinski definition) is 4. The molecule has 0 saturated heterocycles. The topological polar surface area (TPSA) is 96.5 Å². The predicted molar refractivity (Wildman–Crippen MR) is 115 cm³/mol. The van der Waals surface area contributed by atoms with Gasteiger partial charge in [-0.15, -0.1) is 0 Å². The Kier molecular flexibility index (Phi) is 8.21.